The monoisotopic (exact) mass is 370 g/mol. The van der Waals surface area contributed by atoms with Gasteiger partial charge < -0.3 is 10.0 Å². The third kappa shape index (κ3) is 4.18. The van der Waals surface area contributed by atoms with Gasteiger partial charge in [-0.2, -0.15) is 0 Å². The van der Waals surface area contributed by atoms with Gasteiger partial charge in [-0.3, -0.25) is 14.5 Å². The summed E-state index contributed by atoms with van der Waals surface area (Å²) in [6.45, 7) is 2.70. The van der Waals surface area contributed by atoms with Crippen molar-refractivity contribution in [3.8, 4) is 0 Å². The van der Waals surface area contributed by atoms with Gasteiger partial charge in [-0.1, -0.05) is 36.8 Å². The number of nitrogens with zero attached hydrogens (tertiary/aromatic N) is 2. The minimum atomic E-state index is -0.886. The number of carbonyl (C=O) groups is 2. The molecule has 0 spiro atoms. The SMILES string of the molecule is O=C(O)CCC(=O)N1C[C@@H]2C[C@H](C1)[C@@H]1CCC[C@H](Cc3ccccc3)N1C2. The van der Waals surface area contributed by atoms with E-state index < -0.39 is 5.97 Å². The standard InChI is InChI=1S/C22H30N2O3/c25-21(9-10-22(26)27)23-13-17-11-18(15-23)20-8-4-7-19(24(20)14-17)12-16-5-2-1-3-6-16/h1-3,5-6,17-20H,4,7-15H2,(H,26,27)/t17-,18+,19+,20-/m0/s1. The number of benzene rings is 1. The molecule has 4 rings (SSSR count). The number of amides is 1. The highest BCUT2D eigenvalue weighted by atomic mass is 16.4. The lowest BCUT2D eigenvalue weighted by atomic mass is 9.74. The van der Waals surface area contributed by atoms with E-state index in [4.69, 9.17) is 5.11 Å². The van der Waals surface area contributed by atoms with E-state index in [2.05, 4.69) is 35.2 Å². The van der Waals surface area contributed by atoms with Gasteiger partial charge in [-0.25, -0.2) is 0 Å². The molecule has 3 fully saturated rings. The van der Waals surface area contributed by atoms with E-state index in [1.165, 1.54) is 31.2 Å². The molecular formula is C22H30N2O3. The fraction of sp³-hybridized carbons (Fsp3) is 0.636. The number of aliphatic carboxylic acids is 1. The number of likely N-dealkylation sites (tertiary alicyclic amines) is 1. The molecule has 1 aromatic carbocycles. The summed E-state index contributed by atoms with van der Waals surface area (Å²) in [7, 11) is 0. The normalized spacial score (nSPS) is 30.6. The number of carboxylic acids is 1. The van der Waals surface area contributed by atoms with Crippen molar-refractivity contribution in [2.45, 2.75) is 57.0 Å². The maximum Gasteiger partial charge on any atom is 0.303 e. The molecule has 3 saturated heterocycles. The van der Waals surface area contributed by atoms with Crippen LogP contribution in [-0.4, -0.2) is 58.5 Å². The molecule has 0 unspecified atom stereocenters. The van der Waals surface area contributed by atoms with E-state index in [0.29, 0.717) is 23.9 Å². The molecule has 3 aliphatic heterocycles. The minimum Gasteiger partial charge on any atom is -0.481 e. The highest BCUT2D eigenvalue weighted by Crippen LogP contribution is 2.40. The lowest BCUT2D eigenvalue weighted by Crippen LogP contribution is -2.62. The summed E-state index contributed by atoms with van der Waals surface area (Å²) >= 11 is 0. The van der Waals surface area contributed by atoms with Crippen molar-refractivity contribution in [3.63, 3.8) is 0 Å². The van der Waals surface area contributed by atoms with E-state index >= 15 is 0 Å². The number of carbonyl (C=O) groups excluding carboxylic acids is 1. The molecule has 146 valence electrons. The Bertz CT molecular complexity index is 677. The second-order valence-electron chi connectivity index (χ2n) is 8.59. The summed E-state index contributed by atoms with van der Waals surface area (Å²) in [5.41, 5.74) is 1.42. The molecule has 5 nitrogen and oxygen atoms in total. The van der Waals surface area contributed by atoms with Crippen LogP contribution in [0.25, 0.3) is 0 Å². The van der Waals surface area contributed by atoms with Crippen LogP contribution in [0, 0.1) is 11.8 Å². The smallest absolute Gasteiger partial charge is 0.303 e. The third-order valence-corrected chi connectivity index (χ3v) is 6.73. The Hall–Kier alpha value is -1.88. The summed E-state index contributed by atoms with van der Waals surface area (Å²) in [6, 6.07) is 12.0. The quantitative estimate of drug-likeness (QED) is 0.866. The van der Waals surface area contributed by atoms with Gasteiger partial charge in [0.2, 0.25) is 5.91 Å². The zero-order chi connectivity index (χ0) is 18.8. The molecule has 2 bridgehead atoms. The van der Waals surface area contributed by atoms with Gasteiger partial charge in [0, 0.05) is 38.1 Å². The van der Waals surface area contributed by atoms with Crippen LogP contribution in [0.1, 0.15) is 44.1 Å². The van der Waals surface area contributed by atoms with Crippen molar-refractivity contribution in [1.29, 1.82) is 0 Å². The molecule has 1 N–H and O–H groups in total. The molecule has 0 aromatic heterocycles. The first-order valence-electron chi connectivity index (χ1n) is 10.4. The lowest BCUT2D eigenvalue weighted by molar-refractivity contribution is -0.144. The Kier molecular flexibility index (Phi) is 5.48. The van der Waals surface area contributed by atoms with Crippen LogP contribution in [0.3, 0.4) is 0 Å². The summed E-state index contributed by atoms with van der Waals surface area (Å²) < 4.78 is 0. The first-order valence-corrected chi connectivity index (χ1v) is 10.4. The molecular weight excluding hydrogens is 340 g/mol. The number of piperidine rings is 3. The molecule has 3 heterocycles. The molecule has 0 radical (unpaired) electrons. The number of carboxylic acid groups (broad SMARTS) is 1. The fourth-order valence-corrected chi connectivity index (χ4v) is 5.59. The highest BCUT2D eigenvalue weighted by molar-refractivity contribution is 5.80. The second kappa shape index (κ2) is 8.01. The van der Waals surface area contributed by atoms with E-state index in [-0.39, 0.29) is 18.7 Å². The predicted molar refractivity (Wildman–Crippen MR) is 103 cm³/mol. The zero-order valence-corrected chi connectivity index (χ0v) is 15.9. The van der Waals surface area contributed by atoms with E-state index in [9.17, 15) is 9.59 Å². The Morgan fingerprint density at radius 2 is 1.85 bits per heavy atom. The molecule has 4 atom stereocenters. The van der Waals surface area contributed by atoms with Crippen molar-refractivity contribution in [2.75, 3.05) is 19.6 Å². The first-order chi connectivity index (χ1) is 13.1. The largest absolute Gasteiger partial charge is 0.481 e. The van der Waals surface area contributed by atoms with Crippen LogP contribution >= 0.6 is 0 Å². The van der Waals surface area contributed by atoms with Gasteiger partial charge in [0.15, 0.2) is 0 Å². The Morgan fingerprint density at radius 3 is 2.63 bits per heavy atom. The van der Waals surface area contributed by atoms with Crippen LogP contribution in [0.4, 0.5) is 0 Å². The minimum absolute atomic E-state index is 0.0252. The summed E-state index contributed by atoms with van der Waals surface area (Å²) in [6.07, 6.45) is 6.21. The molecule has 3 aliphatic rings. The molecule has 27 heavy (non-hydrogen) atoms. The molecule has 0 saturated carbocycles. The van der Waals surface area contributed by atoms with Crippen LogP contribution in [0.2, 0.25) is 0 Å². The molecule has 1 aromatic rings. The van der Waals surface area contributed by atoms with Crippen LogP contribution in [0.15, 0.2) is 30.3 Å². The van der Waals surface area contributed by atoms with Crippen molar-refractivity contribution < 1.29 is 14.7 Å². The van der Waals surface area contributed by atoms with E-state index in [1.54, 1.807) is 0 Å². The number of hydrogen-bond donors (Lipinski definition) is 1. The molecule has 1 amide bonds. The number of fused-ring (bicyclic) bond motifs is 4. The van der Waals surface area contributed by atoms with Gasteiger partial charge in [0.05, 0.1) is 6.42 Å². The van der Waals surface area contributed by atoms with Crippen LogP contribution in [-0.2, 0) is 16.0 Å². The Balaban J connectivity index is 1.42. The van der Waals surface area contributed by atoms with Gasteiger partial charge in [0.25, 0.3) is 0 Å². The Labute approximate surface area is 161 Å². The average Bonchev–Trinajstić information content (AvgIpc) is 2.67. The van der Waals surface area contributed by atoms with E-state index in [0.717, 1.165) is 26.1 Å². The zero-order valence-electron chi connectivity index (χ0n) is 15.9. The van der Waals surface area contributed by atoms with Crippen molar-refractivity contribution >= 4 is 11.9 Å². The van der Waals surface area contributed by atoms with Gasteiger partial charge in [-0.15, -0.1) is 0 Å². The maximum atomic E-state index is 12.4. The third-order valence-electron chi connectivity index (χ3n) is 6.73. The van der Waals surface area contributed by atoms with Gasteiger partial charge >= 0.3 is 5.97 Å². The van der Waals surface area contributed by atoms with Crippen molar-refractivity contribution in [1.82, 2.24) is 9.80 Å². The fourth-order valence-electron chi connectivity index (χ4n) is 5.59. The number of hydrogen-bond acceptors (Lipinski definition) is 3. The molecule has 5 heteroatoms. The second-order valence-corrected chi connectivity index (χ2v) is 8.59. The summed E-state index contributed by atoms with van der Waals surface area (Å²) in [5, 5.41) is 8.85. The lowest BCUT2D eigenvalue weighted by Gasteiger charge is -2.55. The highest BCUT2D eigenvalue weighted by Gasteiger charge is 2.45. The number of rotatable bonds is 5. The van der Waals surface area contributed by atoms with Gasteiger partial charge in [-0.05, 0) is 43.1 Å². The van der Waals surface area contributed by atoms with E-state index in [1.807, 2.05) is 4.90 Å². The first kappa shape index (κ1) is 18.5. The van der Waals surface area contributed by atoms with Crippen molar-refractivity contribution in [2.24, 2.45) is 11.8 Å². The summed E-state index contributed by atoms with van der Waals surface area (Å²) in [4.78, 5) is 27.9. The predicted octanol–water partition coefficient (Wildman–Crippen LogP) is 2.80. The topological polar surface area (TPSA) is 60.9 Å². The summed E-state index contributed by atoms with van der Waals surface area (Å²) in [5.74, 6) is 0.218. The van der Waals surface area contributed by atoms with Gasteiger partial charge in [0.1, 0.15) is 0 Å². The van der Waals surface area contributed by atoms with Crippen molar-refractivity contribution in [3.05, 3.63) is 35.9 Å². The average molecular weight is 370 g/mol. The molecule has 0 aliphatic carbocycles. The van der Waals surface area contributed by atoms with Crippen LogP contribution in [0.5, 0.6) is 0 Å². The van der Waals surface area contributed by atoms with Crippen LogP contribution < -0.4 is 0 Å². The maximum absolute atomic E-state index is 12.4. The Morgan fingerprint density at radius 1 is 1.04 bits per heavy atom.